The molecule has 1 heterocycles. The van der Waals surface area contributed by atoms with E-state index in [0.717, 1.165) is 24.5 Å². The molecule has 96 valence electrons. The van der Waals surface area contributed by atoms with Gasteiger partial charge >= 0.3 is 0 Å². The summed E-state index contributed by atoms with van der Waals surface area (Å²) >= 11 is 0. The maximum atomic E-state index is 5.64. The van der Waals surface area contributed by atoms with Crippen LogP contribution in [-0.2, 0) is 12.8 Å². The van der Waals surface area contributed by atoms with E-state index in [9.17, 15) is 0 Å². The highest BCUT2D eigenvalue weighted by Gasteiger charge is 2.27. The molecule has 1 aromatic heterocycles. The first-order valence-electron chi connectivity index (χ1n) is 6.76. The topological polar surface area (TPSA) is 56.7 Å². The molecule has 0 saturated heterocycles. The van der Waals surface area contributed by atoms with Crippen molar-refractivity contribution >= 4 is 0 Å². The molecule has 4 nitrogen and oxygen atoms in total. The lowest BCUT2D eigenvalue weighted by Gasteiger charge is -2.18. The van der Waals surface area contributed by atoms with Gasteiger partial charge in [0.2, 0.25) is 0 Å². The van der Waals surface area contributed by atoms with Gasteiger partial charge in [0, 0.05) is 6.42 Å². The maximum absolute atomic E-state index is 5.64. The Bertz CT molecular complexity index is 365. The second-order valence-electron chi connectivity index (χ2n) is 5.60. The fraction of sp³-hybridized carbons (Fsp3) is 0.846. The average Bonchev–Trinajstić information content (AvgIpc) is 3.02. The van der Waals surface area contributed by atoms with Crippen LogP contribution in [-0.4, -0.2) is 21.5 Å². The van der Waals surface area contributed by atoms with Crippen LogP contribution < -0.4 is 5.73 Å². The molecule has 2 rings (SSSR count). The highest BCUT2D eigenvalue weighted by Crippen LogP contribution is 2.34. The smallest absolute Gasteiger partial charge is 0.0871 e. The Morgan fingerprint density at radius 1 is 1.35 bits per heavy atom. The number of rotatable bonds is 6. The van der Waals surface area contributed by atoms with Crippen molar-refractivity contribution in [2.45, 2.75) is 52.5 Å². The minimum absolute atomic E-state index is 0.419. The highest BCUT2D eigenvalue weighted by atomic mass is 15.4. The SMILES string of the molecule is CC(C)C(C)n1nnc(CCN)c1CC1CC1. The zero-order chi connectivity index (χ0) is 12.4. The van der Waals surface area contributed by atoms with E-state index in [2.05, 4.69) is 35.8 Å². The van der Waals surface area contributed by atoms with Gasteiger partial charge in [0.25, 0.3) is 0 Å². The van der Waals surface area contributed by atoms with Crippen molar-refractivity contribution in [1.82, 2.24) is 15.0 Å². The van der Waals surface area contributed by atoms with Crippen LogP contribution in [0.25, 0.3) is 0 Å². The minimum Gasteiger partial charge on any atom is -0.330 e. The standard InChI is InChI=1S/C13H24N4/c1-9(2)10(3)17-13(8-11-4-5-11)12(6-7-14)15-16-17/h9-11H,4-8,14H2,1-3H3. The quantitative estimate of drug-likeness (QED) is 0.821. The number of nitrogens with zero attached hydrogens (tertiary/aromatic N) is 3. The summed E-state index contributed by atoms with van der Waals surface area (Å²) in [7, 11) is 0. The molecule has 17 heavy (non-hydrogen) atoms. The molecule has 0 bridgehead atoms. The van der Waals surface area contributed by atoms with Crippen molar-refractivity contribution in [1.29, 1.82) is 0 Å². The first-order valence-corrected chi connectivity index (χ1v) is 6.76. The summed E-state index contributed by atoms with van der Waals surface area (Å²) in [4.78, 5) is 0. The first-order chi connectivity index (χ1) is 8.13. The van der Waals surface area contributed by atoms with Gasteiger partial charge in [-0.15, -0.1) is 5.10 Å². The molecule has 0 aromatic carbocycles. The Hall–Kier alpha value is -0.900. The molecule has 2 N–H and O–H groups in total. The van der Waals surface area contributed by atoms with E-state index in [1.807, 2.05) is 0 Å². The third kappa shape index (κ3) is 2.86. The average molecular weight is 236 g/mol. The highest BCUT2D eigenvalue weighted by molar-refractivity contribution is 5.14. The molecule has 1 aromatic rings. The second-order valence-corrected chi connectivity index (χ2v) is 5.60. The monoisotopic (exact) mass is 236 g/mol. The molecule has 0 radical (unpaired) electrons. The number of aromatic nitrogens is 3. The zero-order valence-corrected chi connectivity index (χ0v) is 11.2. The van der Waals surface area contributed by atoms with E-state index in [1.165, 1.54) is 18.5 Å². The van der Waals surface area contributed by atoms with Crippen LogP contribution in [0.4, 0.5) is 0 Å². The van der Waals surface area contributed by atoms with Crippen LogP contribution in [0.3, 0.4) is 0 Å². The van der Waals surface area contributed by atoms with Crippen LogP contribution >= 0.6 is 0 Å². The van der Waals surface area contributed by atoms with Gasteiger partial charge in [0.15, 0.2) is 0 Å². The summed E-state index contributed by atoms with van der Waals surface area (Å²) in [5.41, 5.74) is 8.09. The van der Waals surface area contributed by atoms with Gasteiger partial charge in [-0.1, -0.05) is 19.1 Å². The lowest BCUT2D eigenvalue weighted by Crippen LogP contribution is -2.17. The van der Waals surface area contributed by atoms with Gasteiger partial charge in [-0.2, -0.15) is 0 Å². The normalized spacial score (nSPS) is 17.7. The van der Waals surface area contributed by atoms with Crippen molar-refractivity contribution < 1.29 is 0 Å². The lowest BCUT2D eigenvalue weighted by atomic mass is 10.0. The summed E-state index contributed by atoms with van der Waals surface area (Å²) in [6, 6.07) is 0.419. The third-order valence-corrected chi connectivity index (χ3v) is 3.78. The molecule has 1 aliphatic rings. The van der Waals surface area contributed by atoms with Gasteiger partial charge in [0.05, 0.1) is 17.4 Å². The molecule has 1 unspecified atom stereocenters. The molecule has 0 spiro atoms. The number of nitrogens with two attached hydrogens (primary N) is 1. The van der Waals surface area contributed by atoms with Gasteiger partial charge in [-0.25, -0.2) is 4.68 Å². The lowest BCUT2D eigenvalue weighted by molar-refractivity contribution is 0.356. The van der Waals surface area contributed by atoms with Gasteiger partial charge in [-0.05, 0) is 44.6 Å². The summed E-state index contributed by atoms with van der Waals surface area (Å²) in [6.07, 6.45) is 4.72. The molecule has 1 fully saturated rings. The van der Waals surface area contributed by atoms with Crippen LogP contribution in [0.15, 0.2) is 0 Å². The molecular weight excluding hydrogens is 212 g/mol. The molecule has 1 aliphatic carbocycles. The fourth-order valence-corrected chi connectivity index (χ4v) is 2.09. The van der Waals surface area contributed by atoms with Crippen LogP contribution in [0.5, 0.6) is 0 Å². The fourth-order valence-electron chi connectivity index (χ4n) is 2.09. The molecule has 0 aliphatic heterocycles. The zero-order valence-electron chi connectivity index (χ0n) is 11.2. The van der Waals surface area contributed by atoms with E-state index in [4.69, 9.17) is 5.73 Å². The van der Waals surface area contributed by atoms with E-state index < -0.39 is 0 Å². The van der Waals surface area contributed by atoms with E-state index in [0.29, 0.717) is 18.5 Å². The van der Waals surface area contributed by atoms with Crippen molar-refractivity contribution in [2.24, 2.45) is 17.6 Å². The summed E-state index contributed by atoms with van der Waals surface area (Å²) < 4.78 is 2.13. The number of hydrogen-bond acceptors (Lipinski definition) is 3. The first kappa shape index (κ1) is 12.6. The summed E-state index contributed by atoms with van der Waals surface area (Å²) in [5, 5.41) is 8.67. The van der Waals surface area contributed by atoms with Crippen LogP contribution in [0.2, 0.25) is 0 Å². The molecule has 1 saturated carbocycles. The van der Waals surface area contributed by atoms with Gasteiger partial charge in [0.1, 0.15) is 0 Å². The van der Waals surface area contributed by atoms with E-state index in [-0.39, 0.29) is 0 Å². The molecule has 0 amide bonds. The second kappa shape index (κ2) is 5.17. The van der Waals surface area contributed by atoms with Crippen molar-refractivity contribution in [3.05, 3.63) is 11.4 Å². The molecular formula is C13H24N4. The van der Waals surface area contributed by atoms with Gasteiger partial charge < -0.3 is 5.73 Å². The van der Waals surface area contributed by atoms with Crippen molar-refractivity contribution in [3.63, 3.8) is 0 Å². The van der Waals surface area contributed by atoms with Crippen molar-refractivity contribution in [2.75, 3.05) is 6.54 Å². The Kier molecular flexibility index (Phi) is 3.82. The number of hydrogen-bond donors (Lipinski definition) is 1. The van der Waals surface area contributed by atoms with E-state index >= 15 is 0 Å². The Labute approximate surface area is 104 Å². The minimum atomic E-state index is 0.419. The molecule has 1 atom stereocenters. The van der Waals surface area contributed by atoms with Crippen molar-refractivity contribution in [3.8, 4) is 0 Å². The van der Waals surface area contributed by atoms with Crippen LogP contribution in [0.1, 0.15) is 51.0 Å². The Morgan fingerprint density at radius 2 is 2.06 bits per heavy atom. The van der Waals surface area contributed by atoms with E-state index in [1.54, 1.807) is 0 Å². The predicted molar refractivity (Wildman–Crippen MR) is 68.8 cm³/mol. The molecule has 4 heteroatoms. The van der Waals surface area contributed by atoms with Crippen LogP contribution in [0, 0.1) is 11.8 Å². The summed E-state index contributed by atoms with van der Waals surface area (Å²) in [5.74, 6) is 1.45. The third-order valence-electron chi connectivity index (χ3n) is 3.78. The largest absolute Gasteiger partial charge is 0.330 e. The Balaban J connectivity index is 2.23. The maximum Gasteiger partial charge on any atom is 0.0871 e. The summed E-state index contributed by atoms with van der Waals surface area (Å²) in [6.45, 7) is 7.35. The predicted octanol–water partition coefficient (Wildman–Crippen LogP) is 1.95. The van der Waals surface area contributed by atoms with Gasteiger partial charge in [-0.3, -0.25) is 0 Å². The Morgan fingerprint density at radius 3 is 2.59 bits per heavy atom.